The van der Waals surface area contributed by atoms with Gasteiger partial charge in [-0.05, 0) is 36.1 Å². The van der Waals surface area contributed by atoms with E-state index in [9.17, 15) is 9.59 Å². The Morgan fingerprint density at radius 2 is 1.39 bits per heavy atom. The van der Waals surface area contributed by atoms with Crippen molar-refractivity contribution in [3.8, 4) is 5.75 Å². The minimum atomic E-state index is -1.00. The quantitative estimate of drug-likeness (QED) is 0.161. The van der Waals surface area contributed by atoms with Gasteiger partial charge in [-0.3, -0.25) is 4.79 Å². The molecule has 0 aliphatic carbocycles. The summed E-state index contributed by atoms with van der Waals surface area (Å²) in [6, 6.07) is 17.1. The molecule has 0 aliphatic rings. The molecule has 5 heteroatoms. The highest BCUT2D eigenvalue weighted by atomic mass is 16.7. The fourth-order valence-corrected chi connectivity index (χ4v) is 3.78. The van der Waals surface area contributed by atoms with Gasteiger partial charge in [0.2, 0.25) is 0 Å². The molecule has 0 aromatic heterocycles. The molecule has 0 amide bonds. The molecular weight excluding hydrogens is 416 g/mol. The van der Waals surface area contributed by atoms with Crippen molar-refractivity contribution in [2.75, 3.05) is 13.7 Å². The van der Waals surface area contributed by atoms with Crippen molar-refractivity contribution in [2.45, 2.75) is 77.0 Å². The van der Waals surface area contributed by atoms with Crippen LogP contribution < -0.4 is 4.74 Å². The van der Waals surface area contributed by atoms with E-state index in [4.69, 9.17) is 9.47 Å². The van der Waals surface area contributed by atoms with Crippen molar-refractivity contribution < 1.29 is 23.8 Å². The highest BCUT2D eigenvalue weighted by molar-refractivity contribution is 5.87. The van der Waals surface area contributed by atoms with Crippen molar-refractivity contribution in [1.82, 2.24) is 0 Å². The van der Waals surface area contributed by atoms with E-state index in [1.165, 1.54) is 58.5 Å². The van der Waals surface area contributed by atoms with E-state index >= 15 is 0 Å². The molecule has 0 spiro atoms. The number of unbranched alkanes of at least 4 members (excludes halogenated alkanes) is 8. The molecular formula is C28H38O5. The van der Waals surface area contributed by atoms with Gasteiger partial charge in [-0.2, -0.15) is 0 Å². The second-order valence-electron chi connectivity index (χ2n) is 8.36. The number of hydrogen-bond acceptors (Lipinski definition) is 5. The summed E-state index contributed by atoms with van der Waals surface area (Å²) in [6.07, 6.45) is 10.9. The summed E-state index contributed by atoms with van der Waals surface area (Å²) in [5, 5.41) is 0. The Morgan fingerprint density at radius 3 is 2.00 bits per heavy atom. The van der Waals surface area contributed by atoms with Crippen molar-refractivity contribution in [3.63, 3.8) is 0 Å². The lowest BCUT2D eigenvalue weighted by atomic mass is 9.92. The maximum absolute atomic E-state index is 12.6. The molecule has 0 fully saturated rings. The lowest BCUT2D eigenvalue weighted by Gasteiger charge is -2.16. The molecule has 33 heavy (non-hydrogen) atoms. The SMILES string of the molecule is CCCCCCCCCCCOc1ccc(C(Cc2ccccc2)C(=O)OC(=O)OC)cc1. The van der Waals surface area contributed by atoms with Crippen LogP contribution in [0.25, 0.3) is 0 Å². The van der Waals surface area contributed by atoms with Gasteiger partial charge >= 0.3 is 12.1 Å². The molecule has 1 unspecified atom stereocenters. The third-order valence-corrected chi connectivity index (χ3v) is 5.72. The number of esters is 1. The molecule has 0 N–H and O–H groups in total. The van der Waals surface area contributed by atoms with Crippen LogP contribution in [0.15, 0.2) is 54.6 Å². The van der Waals surface area contributed by atoms with Gasteiger partial charge in [-0.15, -0.1) is 0 Å². The predicted octanol–water partition coefficient (Wildman–Crippen LogP) is 7.23. The molecule has 2 rings (SSSR count). The molecule has 5 nitrogen and oxygen atoms in total. The van der Waals surface area contributed by atoms with Gasteiger partial charge < -0.3 is 14.2 Å². The summed E-state index contributed by atoms with van der Waals surface area (Å²) >= 11 is 0. The van der Waals surface area contributed by atoms with E-state index in [2.05, 4.69) is 11.7 Å². The first kappa shape index (κ1) is 26.4. The molecule has 0 radical (unpaired) electrons. The number of carbonyl (C=O) groups excluding carboxylic acids is 2. The van der Waals surface area contributed by atoms with Crippen LogP contribution in [-0.2, 0) is 20.7 Å². The standard InChI is InChI=1S/C28H38O5/c1-3-4-5-6-7-8-9-10-14-21-32-25-19-17-24(18-20-25)26(27(29)33-28(30)31-2)22-23-15-12-11-13-16-23/h11-13,15-20,26H,3-10,14,21-22H2,1-2H3. The topological polar surface area (TPSA) is 61.8 Å². The van der Waals surface area contributed by atoms with Crippen molar-refractivity contribution in [2.24, 2.45) is 0 Å². The van der Waals surface area contributed by atoms with Gasteiger partial charge in [0.05, 0.1) is 19.6 Å². The van der Waals surface area contributed by atoms with Crippen LogP contribution in [0.3, 0.4) is 0 Å². The van der Waals surface area contributed by atoms with Gasteiger partial charge in [0, 0.05) is 0 Å². The van der Waals surface area contributed by atoms with Crippen molar-refractivity contribution in [1.29, 1.82) is 0 Å². The van der Waals surface area contributed by atoms with E-state index in [-0.39, 0.29) is 0 Å². The number of ether oxygens (including phenoxy) is 3. The van der Waals surface area contributed by atoms with E-state index in [0.29, 0.717) is 13.0 Å². The third-order valence-electron chi connectivity index (χ3n) is 5.72. The number of methoxy groups -OCH3 is 1. The predicted molar refractivity (Wildman–Crippen MR) is 131 cm³/mol. The Hall–Kier alpha value is -2.82. The van der Waals surface area contributed by atoms with Crippen LogP contribution in [0.4, 0.5) is 4.79 Å². The fraction of sp³-hybridized carbons (Fsp3) is 0.500. The average Bonchev–Trinajstić information content (AvgIpc) is 2.84. The van der Waals surface area contributed by atoms with E-state index in [0.717, 1.165) is 23.3 Å². The molecule has 2 aromatic rings. The molecule has 0 aliphatic heterocycles. The molecule has 0 saturated heterocycles. The number of carbonyl (C=O) groups is 2. The van der Waals surface area contributed by atoms with E-state index in [1.54, 1.807) is 0 Å². The van der Waals surface area contributed by atoms with Gasteiger partial charge in [0.15, 0.2) is 0 Å². The van der Waals surface area contributed by atoms with Crippen LogP contribution in [0.1, 0.15) is 81.8 Å². The summed E-state index contributed by atoms with van der Waals surface area (Å²) in [5.74, 6) is -0.468. The monoisotopic (exact) mass is 454 g/mol. The summed E-state index contributed by atoms with van der Waals surface area (Å²) in [5.41, 5.74) is 1.75. The smallest absolute Gasteiger partial charge is 0.494 e. The molecule has 0 bridgehead atoms. The molecule has 1 atom stereocenters. The second-order valence-corrected chi connectivity index (χ2v) is 8.36. The van der Waals surface area contributed by atoms with Crippen LogP contribution in [0.2, 0.25) is 0 Å². The Balaban J connectivity index is 1.82. The first-order chi connectivity index (χ1) is 16.1. The van der Waals surface area contributed by atoms with Crippen LogP contribution >= 0.6 is 0 Å². The Bertz CT molecular complexity index is 801. The minimum Gasteiger partial charge on any atom is -0.494 e. The summed E-state index contributed by atoms with van der Waals surface area (Å²) < 4.78 is 15.2. The lowest BCUT2D eigenvalue weighted by molar-refractivity contribution is -0.141. The summed E-state index contributed by atoms with van der Waals surface area (Å²) in [4.78, 5) is 24.1. The minimum absolute atomic E-state index is 0.426. The van der Waals surface area contributed by atoms with Crippen molar-refractivity contribution >= 4 is 12.1 Å². The average molecular weight is 455 g/mol. The van der Waals surface area contributed by atoms with E-state index < -0.39 is 18.0 Å². The van der Waals surface area contributed by atoms with Gasteiger partial charge in [0.25, 0.3) is 0 Å². The molecule has 2 aromatic carbocycles. The zero-order chi connectivity index (χ0) is 23.7. The Labute approximate surface area is 198 Å². The first-order valence-corrected chi connectivity index (χ1v) is 12.2. The molecule has 0 heterocycles. The summed E-state index contributed by atoms with van der Waals surface area (Å²) in [7, 11) is 1.18. The Morgan fingerprint density at radius 1 is 0.788 bits per heavy atom. The van der Waals surface area contributed by atoms with Crippen molar-refractivity contribution in [3.05, 3.63) is 65.7 Å². The Kier molecular flexibility index (Phi) is 12.7. The first-order valence-electron chi connectivity index (χ1n) is 12.2. The van der Waals surface area contributed by atoms with E-state index in [1.807, 2.05) is 54.6 Å². The number of rotatable bonds is 15. The zero-order valence-electron chi connectivity index (χ0n) is 20.1. The summed E-state index contributed by atoms with van der Waals surface area (Å²) in [6.45, 7) is 2.93. The largest absolute Gasteiger partial charge is 0.515 e. The molecule has 0 saturated carbocycles. The van der Waals surface area contributed by atoms with Gasteiger partial charge in [-0.1, -0.05) is 101 Å². The highest BCUT2D eigenvalue weighted by Gasteiger charge is 2.25. The number of benzene rings is 2. The highest BCUT2D eigenvalue weighted by Crippen LogP contribution is 2.25. The normalized spacial score (nSPS) is 11.6. The zero-order valence-corrected chi connectivity index (χ0v) is 20.1. The second kappa shape index (κ2) is 15.9. The van der Waals surface area contributed by atoms with Gasteiger partial charge in [0.1, 0.15) is 5.75 Å². The van der Waals surface area contributed by atoms with Crippen LogP contribution in [-0.4, -0.2) is 25.8 Å². The lowest BCUT2D eigenvalue weighted by Crippen LogP contribution is -2.21. The van der Waals surface area contributed by atoms with Gasteiger partial charge in [-0.25, -0.2) is 4.79 Å². The number of hydrogen-bond donors (Lipinski definition) is 0. The third kappa shape index (κ3) is 10.6. The maximum Gasteiger partial charge on any atom is 0.515 e. The van der Waals surface area contributed by atoms with Crippen LogP contribution in [0.5, 0.6) is 5.75 Å². The van der Waals surface area contributed by atoms with Crippen LogP contribution in [0, 0.1) is 0 Å². The fourth-order valence-electron chi connectivity index (χ4n) is 3.78. The maximum atomic E-state index is 12.6. The molecule has 180 valence electrons.